The molecule has 0 aliphatic carbocycles. The summed E-state index contributed by atoms with van der Waals surface area (Å²) < 4.78 is 26.4. The molecule has 38 heavy (non-hydrogen) atoms. The van der Waals surface area contributed by atoms with Gasteiger partial charge < -0.3 is 4.90 Å². The minimum Gasteiger partial charge on any atom is -0.302 e. The maximum atomic E-state index is 15.6. The number of pyridine rings is 1. The van der Waals surface area contributed by atoms with E-state index in [9.17, 15) is 9.59 Å². The summed E-state index contributed by atoms with van der Waals surface area (Å²) in [5, 5.41) is 5.19. The molecule has 5 aromatic rings. The number of fused-ring (bicyclic) bond motifs is 1. The van der Waals surface area contributed by atoms with Gasteiger partial charge in [0.05, 0.1) is 31.5 Å². The van der Waals surface area contributed by atoms with Crippen molar-refractivity contribution in [1.29, 1.82) is 0 Å². The number of benzene rings is 3. The van der Waals surface area contributed by atoms with Crippen LogP contribution in [0.4, 0.5) is 10.1 Å². The lowest BCUT2D eigenvalue weighted by molar-refractivity contribution is -0.112. The molecule has 0 spiro atoms. The van der Waals surface area contributed by atoms with Gasteiger partial charge in [-0.25, -0.2) is 4.39 Å². The zero-order valence-electron chi connectivity index (χ0n) is 21.9. The van der Waals surface area contributed by atoms with Crippen molar-refractivity contribution < 1.29 is 15.4 Å². The number of carbonyl (C=O) groups excluding carboxylic acids is 2. The van der Waals surface area contributed by atoms with Crippen molar-refractivity contribution in [3.05, 3.63) is 120 Å². The molecule has 7 heteroatoms. The van der Waals surface area contributed by atoms with Crippen molar-refractivity contribution >= 4 is 34.4 Å². The molecule has 0 fully saturated rings. The van der Waals surface area contributed by atoms with Crippen LogP contribution in [-0.4, -0.2) is 26.5 Å². The Labute approximate surface area is 221 Å². The summed E-state index contributed by atoms with van der Waals surface area (Å²) in [4.78, 5) is 30.4. The highest BCUT2D eigenvalue weighted by atomic mass is 19.1. The van der Waals surface area contributed by atoms with Gasteiger partial charge in [-0.15, -0.1) is 0 Å². The van der Waals surface area contributed by atoms with E-state index in [0.29, 0.717) is 22.4 Å². The highest BCUT2D eigenvalue weighted by Crippen LogP contribution is 2.28. The van der Waals surface area contributed by atoms with Gasteiger partial charge in [0.1, 0.15) is 5.82 Å². The van der Waals surface area contributed by atoms with Crippen molar-refractivity contribution in [2.75, 3.05) is 4.90 Å². The Morgan fingerprint density at radius 3 is 2.53 bits per heavy atom. The number of aromatic nitrogens is 3. The van der Waals surface area contributed by atoms with E-state index in [1.54, 1.807) is 65.6 Å². The van der Waals surface area contributed by atoms with E-state index in [0.717, 1.165) is 16.5 Å². The number of rotatable bonds is 7. The third kappa shape index (κ3) is 5.27. The van der Waals surface area contributed by atoms with Crippen LogP contribution in [0.2, 0.25) is 0 Å². The van der Waals surface area contributed by atoms with Crippen LogP contribution in [0.25, 0.3) is 28.1 Å². The van der Waals surface area contributed by atoms with Gasteiger partial charge in [-0.2, -0.15) is 5.10 Å². The van der Waals surface area contributed by atoms with E-state index in [-0.39, 0.29) is 11.3 Å². The summed E-state index contributed by atoms with van der Waals surface area (Å²) in [5.41, 5.74) is 3.69. The third-order valence-corrected chi connectivity index (χ3v) is 6.12. The average molecular weight is 506 g/mol. The van der Waals surface area contributed by atoms with Crippen LogP contribution in [0.5, 0.6) is 0 Å². The smallest absolute Gasteiger partial charge is 0.258 e. The van der Waals surface area contributed by atoms with Gasteiger partial charge in [-0.1, -0.05) is 36.4 Å². The van der Waals surface area contributed by atoms with Crippen LogP contribution in [0.15, 0.2) is 97.5 Å². The van der Waals surface area contributed by atoms with E-state index < -0.39 is 18.2 Å². The maximum absolute atomic E-state index is 15.6. The second kappa shape index (κ2) is 10.6. The highest BCUT2D eigenvalue weighted by Gasteiger charge is 2.20. The van der Waals surface area contributed by atoms with E-state index >= 15 is 4.39 Å². The third-order valence-electron chi connectivity index (χ3n) is 6.12. The number of hydrogen-bond donors (Lipinski definition) is 0. The molecule has 1 atom stereocenters. The molecule has 2 aromatic heterocycles. The van der Waals surface area contributed by atoms with Crippen LogP contribution >= 0.6 is 0 Å². The van der Waals surface area contributed by atoms with E-state index in [1.165, 1.54) is 36.2 Å². The molecule has 5 rings (SSSR count). The first-order chi connectivity index (χ1) is 18.8. The summed E-state index contributed by atoms with van der Waals surface area (Å²) in [5.74, 6) is -1.22. The summed E-state index contributed by atoms with van der Waals surface area (Å²) in [6, 6.07) is 20.6. The van der Waals surface area contributed by atoms with Gasteiger partial charge in [0, 0.05) is 29.8 Å². The lowest BCUT2D eigenvalue weighted by Gasteiger charge is -2.23. The molecule has 6 nitrogen and oxygen atoms in total. The Bertz CT molecular complexity index is 1710. The number of hydrogen-bond acceptors (Lipinski definition) is 4. The number of amides is 1. The predicted molar refractivity (Wildman–Crippen MR) is 147 cm³/mol. The van der Waals surface area contributed by atoms with Crippen LogP contribution in [0, 0.1) is 5.82 Å². The first kappa shape index (κ1) is 23.5. The molecule has 0 saturated carbocycles. The predicted octanol–water partition coefficient (Wildman–Crippen LogP) is 6.22. The Morgan fingerprint density at radius 1 is 1.00 bits per heavy atom. The highest BCUT2D eigenvalue weighted by molar-refractivity contribution is 6.06. The van der Waals surface area contributed by atoms with Crippen molar-refractivity contribution in [1.82, 2.24) is 14.8 Å². The largest absolute Gasteiger partial charge is 0.302 e. The Balaban J connectivity index is 1.54. The fourth-order valence-electron chi connectivity index (χ4n) is 4.15. The lowest BCUT2D eigenvalue weighted by atomic mass is 10.0. The SMILES string of the molecule is [2H]C(c1ccc(-c2ccc3c(cnn3C)c2)cc1F)N(C(=O)c1ccccc1)c1cncc(/C=C/C(C)=O)c1. The molecule has 2 heterocycles. The molecule has 0 bridgehead atoms. The summed E-state index contributed by atoms with van der Waals surface area (Å²) >= 11 is 0. The Morgan fingerprint density at radius 2 is 1.76 bits per heavy atom. The number of ketones is 1. The number of allylic oxidation sites excluding steroid dienone is 1. The van der Waals surface area contributed by atoms with Crippen LogP contribution in [0.1, 0.15) is 29.8 Å². The summed E-state index contributed by atoms with van der Waals surface area (Å²) in [6.07, 6.45) is 7.72. The molecule has 0 aliphatic rings. The van der Waals surface area contributed by atoms with Gasteiger partial charge in [0.2, 0.25) is 0 Å². The zero-order chi connectivity index (χ0) is 27.5. The van der Waals surface area contributed by atoms with Gasteiger partial charge in [-0.05, 0) is 72.2 Å². The molecule has 0 aliphatic heterocycles. The van der Waals surface area contributed by atoms with Gasteiger partial charge >= 0.3 is 0 Å². The second-order valence-electron chi connectivity index (χ2n) is 8.87. The Kier molecular flexibility index (Phi) is 6.55. The number of halogens is 1. The van der Waals surface area contributed by atoms with Crippen molar-refractivity contribution in [3.8, 4) is 11.1 Å². The fourth-order valence-corrected chi connectivity index (χ4v) is 4.15. The van der Waals surface area contributed by atoms with Gasteiger partial charge in [-0.3, -0.25) is 19.3 Å². The minimum atomic E-state index is -1.40. The first-order valence-electron chi connectivity index (χ1n) is 12.6. The first-order valence-corrected chi connectivity index (χ1v) is 12.0. The van der Waals surface area contributed by atoms with Crippen LogP contribution in [0.3, 0.4) is 0 Å². The Hall–Kier alpha value is -4.91. The molecular formula is C31H25FN4O2. The number of carbonyl (C=O) groups is 2. The van der Waals surface area contributed by atoms with Gasteiger partial charge in [0.15, 0.2) is 5.78 Å². The summed E-state index contributed by atoms with van der Waals surface area (Å²) in [7, 11) is 1.86. The molecule has 3 aromatic carbocycles. The van der Waals surface area contributed by atoms with E-state index in [4.69, 9.17) is 1.37 Å². The molecule has 188 valence electrons. The number of nitrogens with zero attached hydrogens (tertiary/aromatic N) is 4. The minimum absolute atomic E-state index is 0.0372. The standard InChI is InChI=1S/C31H25FN4O2/c1-21(37)8-9-22-14-28(19-33-17-22)36(31(38)23-6-4-3-5-7-23)20-26-11-10-25(16-29(26)32)24-12-13-30-27(15-24)18-34-35(30)2/h3-19H,20H2,1-2H3/b9-8+/i20D. The van der Waals surface area contributed by atoms with Crippen LogP contribution in [-0.2, 0) is 18.4 Å². The van der Waals surface area contributed by atoms with Crippen molar-refractivity contribution in [2.24, 2.45) is 7.05 Å². The zero-order valence-corrected chi connectivity index (χ0v) is 20.9. The molecular weight excluding hydrogens is 479 g/mol. The molecule has 1 unspecified atom stereocenters. The average Bonchev–Trinajstić information content (AvgIpc) is 3.32. The maximum Gasteiger partial charge on any atom is 0.258 e. The monoisotopic (exact) mass is 505 g/mol. The van der Waals surface area contributed by atoms with Crippen molar-refractivity contribution in [2.45, 2.75) is 13.4 Å². The number of anilines is 1. The molecule has 1 amide bonds. The molecule has 0 N–H and O–H groups in total. The fraction of sp³-hybridized carbons (Fsp3) is 0.0968. The quantitative estimate of drug-likeness (QED) is 0.246. The van der Waals surface area contributed by atoms with Crippen molar-refractivity contribution in [3.63, 3.8) is 0 Å². The lowest BCUT2D eigenvalue weighted by Crippen LogP contribution is -2.31. The van der Waals surface area contributed by atoms with E-state index in [2.05, 4.69) is 10.1 Å². The topological polar surface area (TPSA) is 68.1 Å². The van der Waals surface area contributed by atoms with E-state index in [1.807, 2.05) is 25.2 Å². The molecule has 0 radical (unpaired) electrons. The number of aryl methyl sites for hydroxylation is 1. The normalized spacial score (nSPS) is 12.4. The summed E-state index contributed by atoms with van der Waals surface area (Å²) in [6.45, 7) is 0.0292. The second-order valence-corrected chi connectivity index (χ2v) is 8.87. The van der Waals surface area contributed by atoms with Gasteiger partial charge in [0.25, 0.3) is 5.91 Å². The van der Waals surface area contributed by atoms with Crippen LogP contribution < -0.4 is 4.90 Å². The molecule has 0 saturated heterocycles.